The fourth-order valence-corrected chi connectivity index (χ4v) is 8.90. The number of amides is 3. The Morgan fingerprint density at radius 2 is 1.84 bits per heavy atom. The molecule has 4 aromatic rings. The number of nitrogens with one attached hydrogen (secondary N) is 2. The van der Waals surface area contributed by atoms with E-state index in [9.17, 15) is 27.0 Å². The molecule has 0 radical (unpaired) electrons. The van der Waals surface area contributed by atoms with Gasteiger partial charge in [0.25, 0.3) is 0 Å². The molecule has 3 aliphatic rings. The Morgan fingerprint density at radius 1 is 1.07 bits per heavy atom. The summed E-state index contributed by atoms with van der Waals surface area (Å²) in [6, 6.07) is 13.6. The number of nitrogens with zero attached hydrogens (tertiary/aromatic N) is 8. The van der Waals surface area contributed by atoms with Crippen LogP contribution in [0.1, 0.15) is 60.4 Å². The molecule has 2 aromatic carbocycles. The molecule has 296 valence electrons. The number of carbonyl (C=O) groups is 2. The summed E-state index contributed by atoms with van der Waals surface area (Å²) in [6.07, 6.45) is 1.75. The zero-order chi connectivity index (χ0) is 39.6. The number of halogens is 3. The number of rotatable bonds is 10. The van der Waals surface area contributed by atoms with Gasteiger partial charge in [-0.15, -0.1) is 0 Å². The van der Waals surface area contributed by atoms with Crippen molar-refractivity contribution in [1.29, 1.82) is 0 Å². The minimum absolute atomic E-state index is 0.0320. The predicted octanol–water partition coefficient (Wildman–Crippen LogP) is 4.81. The lowest BCUT2D eigenvalue weighted by Crippen LogP contribution is -2.49. The fraction of sp³-hybridized carbons (Fsp3) is 0.421. The van der Waals surface area contributed by atoms with Crippen molar-refractivity contribution in [1.82, 2.24) is 34.3 Å². The van der Waals surface area contributed by atoms with Crippen LogP contribution in [0.3, 0.4) is 0 Å². The Hall–Kier alpha value is -5.20. The van der Waals surface area contributed by atoms with Gasteiger partial charge >= 0.3 is 12.2 Å². The van der Waals surface area contributed by atoms with Gasteiger partial charge in [0.15, 0.2) is 5.82 Å². The molecule has 1 unspecified atom stereocenters. The van der Waals surface area contributed by atoms with E-state index in [0.29, 0.717) is 44.2 Å². The maximum atomic E-state index is 13.7. The van der Waals surface area contributed by atoms with Gasteiger partial charge in [0.05, 0.1) is 16.1 Å². The lowest BCUT2D eigenvalue weighted by atomic mass is 9.89. The second-order valence-electron chi connectivity index (χ2n) is 14.2. The summed E-state index contributed by atoms with van der Waals surface area (Å²) in [5.74, 6) is 0.711. The van der Waals surface area contributed by atoms with E-state index in [0.717, 1.165) is 66.2 Å². The molecule has 2 aromatic heterocycles. The van der Waals surface area contributed by atoms with E-state index in [-0.39, 0.29) is 35.6 Å². The Kier molecular flexibility index (Phi) is 11.5. The smallest absolute Gasteiger partial charge is 0.404 e. The van der Waals surface area contributed by atoms with Gasteiger partial charge in [-0.2, -0.15) is 18.3 Å². The molecular formula is C38H44F3N11O3S. The molecule has 3 aliphatic heterocycles. The van der Waals surface area contributed by atoms with Gasteiger partial charge in [-0.05, 0) is 80.1 Å². The van der Waals surface area contributed by atoms with Gasteiger partial charge in [0.1, 0.15) is 16.5 Å². The number of hydrogen-bond donors (Lipinski definition) is 3. The van der Waals surface area contributed by atoms with Crippen LogP contribution in [0.25, 0.3) is 16.5 Å². The number of alkyl halides is 3. The number of carbonyl (C=O) groups excluding carboxylic acids is 2. The molecule has 14 nitrogen and oxygen atoms in total. The quantitative estimate of drug-likeness (QED) is 0.191. The fourth-order valence-electron chi connectivity index (χ4n) is 7.61. The van der Waals surface area contributed by atoms with Crippen molar-refractivity contribution in [2.24, 2.45) is 17.8 Å². The number of urea groups is 1. The van der Waals surface area contributed by atoms with Crippen LogP contribution in [0.15, 0.2) is 64.7 Å². The first-order chi connectivity index (χ1) is 26.9. The van der Waals surface area contributed by atoms with E-state index in [1.807, 2.05) is 35.6 Å². The molecule has 3 amide bonds. The first-order valence-corrected chi connectivity index (χ1v) is 19.6. The van der Waals surface area contributed by atoms with Crippen molar-refractivity contribution >= 4 is 57.4 Å². The lowest BCUT2D eigenvalue weighted by Gasteiger charge is -2.33. The topological polar surface area (TPSA) is 167 Å². The second kappa shape index (κ2) is 16.5. The highest BCUT2D eigenvalue weighted by Gasteiger charge is 2.36. The summed E-state index contributed by atoms with van der Waals surface area (Å²) in [5.41, 5.74) is 7.54. The molecule has 0 saturated carbocycles. The molecule has 0 spiro atoms. The van der Waals surface area contributed by atoms with Gasteiger partial charge in [0, 0.05) is 82.3 Å². The predicted molar refractivity (Wildman–Crippen MR) is 208 cm³/mol. The molecule has 1 atom stereocenters. The van der Waals surface area contributed by atoms with Gasteiger partial charge in [-0.3, -0.25) is 29.6 Å². The number of hydrogen-bond acceptors (Lipinski definition) is 10. The summed E-state index contributed by atoms with van der Waals surface area (Å²) in [7, 11) is 1.93. The van der Waals surface area contributed by atoms with E-state index >= 15 is 0 Å². The Bertz CT molecular complexity index is 2190. The first-order valence-electron chi connectivity index (χ1n) is 18.5. The Labute approximate surface area is 324 Å². The number of anilines is 2. The van der Waals surface area contributed by atoms with Crippen LogP contribution >= 0.6 is 0 Å². The standard InChI is InChI=1S/C38H44F3N11O3S/c1-43-21-27(20-42)34-31(38(39,40)41)22-44-36(47-34)45-28-10-15-51(16-11-28)56(55)29-5-3-4-24(18-29)23-50-13-8-25(9-14-50)26-6-7-30-32(19-26)49(2)48-35(30)52-17-12-33(53)46-37(52)54/h3-7,18-22,25,28H,8-17,23,42H2,1-2H3,(H,44,45,47)(H,46,53,54)/b27-20+,43-21?. The molecule has 5 heterocycles. The number of fused-ring (bicyclic) bond motifs is 1. The van der Waals surface area contributed by atoms with Crippen molar-refractivity contribution in [3.05, 3.63) is 77.2 Å². The maximum absolute atomic E-state index is 13.7. The summed E-state index contributed by atoms with van der Waals surface area (Å²) in [5, 5.41) is 11.0. The molecule has 0 aliphatic carbocycles. The van der Waals surface area contributed by atoms with Crippen LogP contribution in [0.2, 0.25) is 0 Å². The number of allylic oxidation sites excluding steroid dienone is 1. The molecule has 18 heteroatoms. The summed E-state index contributed by atoms with van der Waals surface area (Å²) in [4.78, 5) is 40.7. The van der Waals surface area contributed by atoms with Crippen LogP contribution < -0.4 is 21.3 Å². The van der Waals surface area contributed by atoms with Crippen molar-refractivity contribution in [2.45, 2.75) is 61.7 Å². The monoisotopic (exact) mass is 791 g/mol. The normalized spacial score (nSPS) is 19.2. The second-order valence-corrected chi connectivity index (χ2v) is 15.7. The molecular weight excluding hydrogens is 748 g/mol. The van der Waals surface area contributed by atoms with Gasteiger partial charge in [-0.1, -0.05) is 18.2 Å². The number of piperidine rings is 2. The molecule has 7 rings (SSSR count). The van der Waals surface area contributed by atoms with Crippen molar-refractivity contribution in [2.75, 3.05) is 50.0 Å². The van der Waals surface area contributed by atoms with E-state index in [2.05, 4.69) is 53.8 Å². The maximum Gasteiger partial charge on any atom is 0.419 e. The number of imide groups is 1. The average Bonchev–Trinajstić information content (AvgIpc) is 3.51. The number of nitrogens with two attached hydrogens (primary N) is 1. The summed E-state index contributed by atoms with van der Waals surface area (Å²) < 4.78 is 58.5. The van der Waals surface area contributed by atoms with Crippen molar-refractivity contribution in [3.63, 3.8) is 0 Å². The lowest BCUT2D eigenvalue weighted by molar-refractivity contribution is -0.138. The first kappa shape index (κ1) is 39.1. The SMILES string of the molecule is CN=C/C(=C\N)c1nc(NC2CCN(S(=O)c3cccc(CN4CCC(c5ccc6c(N7CCC(=O)NC7=O)nn(C)c6c5)CC4)c3)CC2)ncc1C(F)(F)F. The highest BCUT2D eigenvalue weighted by Crippen LogP contribution is 2.35. The van der Waals surface area contributed by atoms with Crippen LogP contribution in [0.4, 0.5) is 29.7 Å². The minimum Gasteiger partial charge on any atom is -0.404 e. The van der Waals surface area contributed by atoms with E-state index in [4.69, 9.17) is 5.73 Å². The molecule has 56 heavy (non-hydrogen) atoms. The molecule has 3 fully saturated rings. The van der Waals surface area contributed by atoms with Crippen LogP contribution in [0, 0.1) is 0 Å². The largest absolute Gasteiger partial charge is 0.419 e. The molecule has 0 bridgehead atoms. The van der Waals surface area contributed by atoms with E-state index < -0.39 is 28.8 Å². The van der Waals surface area contributed by atoms with Crippen LogP contribution in [-0.4, -0.2) is 97.1 Å². The Morgan fingerprint density at radius 3 is 2.54 bits per heavy atom. The zero-order valence-corrected chi connectivity index (χ0v) is 31.9. The highest BCUT2D eigenvalue weighted by atomic mass is 32.2. The summed E-state index contributed by atoms with van der Waals surface area (Å²) >= 11 is 0. The Balaban J connectivity index is 0.921. The number of aromatic nitrogens is 4. The van der Waals surface area contributed by atoms with Crippen molar-refractivity contribution < 1.29 is 27.0 Å². The molecule has 4 N–H and O–H groups in total. The van der Waals surface area contributed by atoms with Gasteiger partial charge in [0.2, 0.25) is 11.9 Å². The highest BCUT2D eigenvalue weighted by molar-refractivity contribution is 7.82. The third-order valence-electron chi connectivity index (χ3n) is 10.6. The van der Waals surface area contributed by atoms with E-state index in [1.165, 1.54) is 23.7 Å². The minimum atomic E-state index is -4.67. The number of aliphatic imine (C=N–C) groups is 1. The van der Waals surface area contributed by atoms with Gasteiger partial charge < -0.3 is 11.1 Å². The van der Waals surface area contributed by atoms with Crippen LogP contribution in [0.5, 0.6) is 0 Å². The average molecular weight is 792 g/mol. The summed E-state index contributed by atoms with van der Waals surface area (Å²) in [6.45, 7) is 3.91. The number of benzene rings is 2. The third-order valence-corrected chi connectivity index (χ3v) is 12.1. The van der Waals surface area contributed by atoms with E-state index in [1.54, 1.807) is 4.68 Å². The number of aryl methyl sites for hydroxylation is 1. The third kappa shape index (κ3) is 8.46. The van der Waals surface area contributed by atoms with Gasteiger partial charge in [-0.25, -0.2) is 23.3 Å². The zero-order valence-electron chi connectivity index (χ0n) is 31.1. The van der Waals surface area contributed by atoms with Crippen LogP contribution in [-0.2, 0) is 35.5 Å². The number of likely N-dealkylation sites (tertiary alicyclic amines) is 1. The van der Waals surface area contributed by atoms with Crippen molar-refractivity contribution in [3.8, 4) is 0 Å². The molecule has 3 saturated heterocycles.